The molecule has 1 aromatic rings. The molecule has 0 aromatic carbocycles. The first-order chi connectivity index (χ1) is 6.72. The average Bonchev–Trinajstić information content (AvgIpc) is 2.30. The molecule has 0 fully saturated rings. The maximum atomic E-state index is 11.7. The highest BCUT2D eigenvalue weighted by atomic mass is 16.6. The molecule has 0 aliphatic rings. The third-order valence-corrected chi connectivity index (χ3v) is 1.97. The lowest BCUT2D eigenvalue weighted by Gasteiger charge is -2.18. The fourth-order valence-corrected chi connectivity index (χ4v) is 1.10. The number of carbonyl (C=O) groups is 1. The summed E-state index contributed by atoms with van der Waals surface area (Å²) in [7, 11) is 7.47. The quantitative estimate of drug-likeness (QED) is 0.495. The monoisotopic (exact) mass is 206 g/mol. The maximum Gasteiger partial charge on any atom is 0.358 e. The molecular weight excluding hydrogens is 191 g/mol. The normalized spacial score (nSPS) is 11.5. The molecule has 15 heavy (non-hydrogen) atoms. The van der Waals surface area contributed by atoms with E-state index in [1.165, 1.54) is 0 Å². The van der Waals surface area contributed by atoms with E-state index in [-0.39, 0.29) is 5.69 Å². The first kappa shape index (κ1) is 11.8. The number of hydrogen-bond acceptors (Lipinski definition) is 3. The van der Waals surface area contributed by atoms with Crippen LogP contribution in [0.3, 0.4) is 0 Å². The van der Waals surface area contributed by atoms with Crippen LogP contribution in [0.5, 0.6) is 0 Å². The van der Waals surface area contributed by atoms with Crippen LogP contribution in [0.4, 0.5) is 0 Å². The highest BCUT2D eigenvalue weighted by Crippen LogP contribution is 2.10. The summed E-state index contributed by atoms with van der Waals surface area (Å²) in [6.45, 7) is 7.21. The number of carbonyl (C=O) groups excluding carboxylic acids is 1. The molecule has 0 bridgehead atoms. The fraction of sp³-hybridized carbons (Fsp3) is 0.600. The fourth-order valence-electron chi connectivity index (χ4n) is 1.10. The summed E-state index contributed by atoms with van der Waals surface area (Å²) >= 11 is 0. The van der Waals surface area contributed by atoms with E-state index < -0.39 is 11.6 Å². The molecule has 0 N–H and O–H groups in total. The van der Waals surface area contributed by atoms with Crippen LogP contribution in [-0.2, 0) is 11.8 Å². The Morgan fingerprint density at radius 1 is 1.47 bits per heavy atom. The minimum Gasteiger partial charge on any atom is -0.455 e. The third-order valence-electron chi connectivity index (χ3n) is 1.97. The summed E-state index contributed by atoms with van der Waals surface area (Å²) < 4.78 is 6.74. The molecule has 0 saturated carbocycles. The average molecular weight is 206 g/mol. The molecule has 80 valence electrons. The van der Waals surface area contributed by atoms with Gasteiger partial charge in [0.1, 0.15) is 13.4 Å². The van der Waals surface area contributed by atoms with Gasteiger partial charge in [-0.2, -0.15) is 5.10 Å². The number of esters is 1. The molecule has 0 atom stereocenters. The highest BCUT2D eigenvalue weighted by molar-refractivity contribution is 6.36. The zero-order valence-corrected chi connectivity index (χ0v) is 9.79. The van der Waals surface area contributed by atoms with Gasteiger partial charge < -0.3 is 4.74 Å². The molecule has 1 aromatic heterocycles. The molecule has 0 amide bonds. The molecule has 0 saturated heterocycles. The Labute approximate surface area is 91.0 Å². The lowest BCUT2D eigenvalue weighted by molar-refractivity contribution is 0.00636. The van der Waals surface area contributed by atoms with Crippen molar-refractivity contribution < 1.29 is 9.53 Å². The largest absolute Gasteiger partial charge is 0.455 e. The summed E-state index contributed by atoms with van der Waals surface area (Å²) in [5.41, 5.74) is 0.794. The van der Waals surface area contributed by atoms with Gasteiger partial charge in [-0.3, -0.25) is 4.68 Å². The van der Waals surface area contributed by atoms with Crippen LogP contribution in [0.25, 0.3) is 0 Å². The van der Waals surface area contributed by atoms with Crippen molar-refractivity contribution in [1.82, 2.24) is 9.78 Å². The van der Waals surface area contributed by atoms with E-state index in [9.17, 15) is 4.79 Å². The van der Waals surface area contributed by atoms with Crippen LogP contribution in [0.2, 0.25) is 0 Å². The topological polar surface area (TPSA) is 44.1 Å². The van der Waals surface area contributed by atoms with Gasteiger partial charge >= 0.3 is 5.97 Å². The third kappa shape index (κ3) is 2.61. The second-order valence-electron chi connectivity index (χ2n) is 4.47. The number of aromatic nitrogens is 2. The molecule has 2 radical (unpaired) electrons. The Bertz CT molecular complexity index is 391. The number of aryl methyl sites for hydroxylation is 1. The van der Waals surface area contributed by atoms with Gasteiger partial charge in [-0.1, -0.05) is 0 Å². The lowest BCUT2D eigenvalue weighted by Crippen LogP contribution is -2.27. The van der Waals surface area contributed by atoms with Crippen molar-refractivity contribution in [3.8, 4) is 0 Å². The van der Waals surface area contributed by atoms with Gasteiger partial charge in [-0.25, -0.2) is 4.79 Å². The van der Waals surface area contributed by atoms with Crippen molar-refractivity contribution in [1.29, 1.82) is 0 Å². The minimum absolute atomic E-state index is 0.185. The van der Waals surface area contributed by atoms with Crippen LogP contribution >= 0.6 is 0 Å². The molecule has 1 rings (SSSR count). The molecular formula is C10H15BN2O2. The van der Waals surface area contributed by atoms with Gasteiger partial charge in [-0.15, -0.1) is 0 Å². The Hall–Kier alpha value is -1.26. The summed E-state index contributed by atoms with van der Waals surface area (Å²) in [6, 6.07) is 0. The van der Waals surface area contributed by atoms with E-state index >= 15 is 0 Å². The van der Waals surface area contributed by atoms with Gasteiger partial charge in [-0.05, 0) is 33.2 Å². The van der Waals surface area contributed by atoms with E-state index in [4.69, 9.17) is 12.6 Å². The van der Waals surface area contributed by atoms with Gasteiger partial charge in [0.2, 0.25) is 0 Å². The van der Waals surface area contributed by atoms with Crippen LogP contribution in [0.1, 0.15) is 37.0 Å². The zero-order chi connectivity index (χ0) is 11.8. The molecule has 1 heterocycles. The molecule has 0 aliphatic heterocycles. The van der Waals surface area contributed by atoms with Crippen molar-refractivity contribution >= 4 is 19.3 Å². The van der Waals surface area contributed by atoms with Gasteiger partial charge in [0, 0.05) is 12.7 Å². The molecule has 0 unspecified atom stereocenters. The van der Waals surface area contributed by atoms with Crippen molar-refractivity contribution in [2.24, 2.45) is 7.05 Å². The Kier molecular flexibility index (Phi) is 2.93. The van der Waals surface area contributed by atoms with Crippen molar-refractivity contribution in [2.45, 2.75) is 33.3 Å². The predicted octanol–water partition coefficient (Wildman–Crippen LogP) is 0.478. The van der Waals surface area contributed by atoms with E-state index in [1.807, 2.05) is 0 Å². The van der Waals surface area contributed by atoms with Crippen molar-refractivity contribution in [3.05, 3.63) is 11.4 Å². The van der Waals surface area contributed by atoms with E-state index in [0.29, 0.717) is 5.46 Å². The molecule has 0 spiro atoms. The SMILES string of the molecule is [B]c1c(C(=O)OC(C)(C)C)nn(C)c1C. The Morgan fingerprint density at radius 3 is 2.33 bits per heavy atom. The van der Waals surface area contributed by atoms with Gasteiger partial charge in [0.15, 0.2) is 5.69 Å². The first-order valence-electron chi connectivity index (χ1n) is 4.75. The van der Waals surface area contributed by atoms with E-state index in [0.717, 1.165) is 5.69 Å². The van der Waals surface area contributed by atoms with Gasteiger partial charge in [0.05, 0.1) is 0 Å². The lowest BCUT2D eigenvalue weighted by atomic mass is 9.93. The first-order valence-corrected chi connectivity index (χ1v) is 4.75. The summed E-state index contributed by atoms with van der Waals surface area (Å²) in [5, 5.41) is 4.01. The smallest absolute Gasteiger partial charge is 0.358 e. The van der Waals surface area contributed by atoms with E-state index in [1.54, 1.807) is 39.4 Å². The van der Waals surface area contributed by atoms with Crippen molar-refractivity contribution in [3.63, 3.8) is 0 Å². The zero-order valence-electron chi connectivity index (χ0n) is 9.79. The predicted molar refractivity (Wildman–Crippen MR) is 58.5 cm³/mol. The standard InChI is InChI=1S/C10H15BN2O2/c1-6-7(11)8(12-13(6)5)9(14)15-10(2,3)4/h1-5H3. The summed E-state index contributed by atoms with van der Waals surface area (Å²) in [6.07, 6.45) is 0. The van der Waals surface area contributed by atoms with Crippen LogP contribution < -0.4 is 5.46 Å². The van der Waals surface area contributed by atoms with Crippen LogP contribution in [0, 0.1) is 6.92 Å². The summed E-state index contributed by atoms with van der Waals surface area (Å²) in [4.78, 5) is 11.7. The maximum absolute atomic E-state index is 11.7. The number of nitrogens with zero attached hydrogens (tertiary/aromatic N) is 2. The molecule has 4 nitrogen and oxygen atoms in total. The second kappa shape index (κ2) is 3.72. The van der Waals surface area contributed by atoms with E-state index in [2.05, 4.69) is 5.10 Å². The molecule has 0 aliphatic carbocycles. The van der Waals surface area contributed by atoms with Crippen molar-refractivity contribution in [2.75, 3.05) is 0 Å². The number of ether oxygens (including phenoxy) is 1. The number of rotatable bonds is 1. The number of hydrogen-bond donors (Lipinski definition) is 0. The minimum atomic E-state index is -0.533. The highest BCUT2D eigenvalue weighted by Gasteiger charge is 2.22. The van der Waals surface area contributed by atoms with Crippen LogP contribution in [0.15, 0.2) is 0 Å². The second-order valence-corrected chi connectivity index (χ2v) is 4.47. The Morgan fingerprint density at radius 2 is 2.00 bits per heavy atom. The van der Waals surface area contributed by atoms with Crippen LogP contribution in [-0.4, -0.2) is 29.2 Å². The molecule has 5 heteroatoms. The Balaban J connectivity index is 2.98. The van der Waals surface area contributed by atoms with Gasteiger partial charge in [0.25, 0.3) is 0 Å². The summed E-state index contributed by atoms with van der Waals surface area (Å²) in [5.74, 6) is -0.483.